The fraction of sp³-hybridized carbons (Fsp3) is 0.433. The average Bonchev–Trinajstić information content (AvgIpc) is 2.94. The molecule has 1 saturated heterocycles. The maximum absolute atomic E-state index is 13.6. The highest BCUT2D eigenvalue weighted by atomic mass is 35.5. The monoisotopic (exact) mass is 629 g/mol. The van der Waals surface area contributed by atoms with Gasteiger partial charge in [-0.25, -0.2) is 9.78 Å². The van der Waals surface area contributed by atoms with Gasteiger partial charge < -0.3 is 25.0 Å². The lowest BCUT2D eigenvalue weighted by molar-refractivity contribution is -0.110. The van der Waals surface area contributed by atoms with Gasteiger partial charge in [0.2, 0.25) is 0 Å². The summed E-state index contributed by atoms with van der Waals surface area (Å²) in [7, 11) is -1.31. The summed E-state index contributed by atoms with van der Waals surface area (Å²) < 4.78 is 24.0. The van der Waals surface area contributed by atoms with Gasteiger partial charge in [0.25, 0.3) is 11.8 Å². The number of piperidine rings is 1. The second-order valence-corrected chi connectivity index (χ2v) is 13.1. The number of dihydropyridines is 1. The third-order valence-corrected chi connectivity index (χ3v) is 7.77. The maximum Gasteiger partial charge on any atom is 0.410 e. The molecule has 1 aromatic carbocycles. The van der Waals surface area contributed by atoms with Gasteiger partial charge in [-0.1, -0.05) is 23.8 Å². The predicted molar refractivity (Wildman–Crippen MR) is 165 cm³/mol. The van der Waals surface area contributed by atoms with Gasteiger partial charge >= 0.3 is 6.09 Å². The summed E-state index contributed by atoms with van der Waals surface area (Å²) in [6.45, 7) is 8.15. The minimum Gasteiger partial charge on any atom is -0.489 e. The maximum atomic E-state index is 13.6. The van der Waals surface area contributed by atoms with Crippen LogP contribution in [-0.2, 0) is 20.3 Å². The number of benzene rings is 1. The molecule has 3 unspecified atom stereocenters. The number of likely N-dealkylation sites (tertiary alicyclic amines) is 1. The van der Waals surface area contributed by atoms with Gasteiger partial charge in [-0.05, 0) is 58.0 Å². The van der Waals surface area contributed by atoms with Crippen molar-refractivity contribution in [1.82, 2.24) is 15.2 Å². The Kier molecular flexibility index (Phi) is 10.2. The number of hydrogen-bond donors (Lipinski definition) is 2. The van der Waals surface area contributed by atoms with Gasteiger partial charge in [-0.15, -0.1) is 0 Å². The van der Waals surface area contributed by atoms with Crippen molar-refractivity contribution in [2.24, 2.45) is 4.99 Å². The lowest BCUT2D eigenvalue weighted by Crippen LogP contribution is -2.46. The van der Waals surface area contributed by atoms with Crippen molar-refractivity contribution in [3.63, 3.8) is 0 Å². The number of carbonyl (C=O) groups excluding carboxylic acids is 3. The number of anilines is 1. The van der Waals surface area contributed by atoms with Crippen LogP contribution in [-0.4, -0.2) is 80.8 Å². The van der Waals surface area contributed by atoms with Crippen LogP contribution in [0.1, 0.15) is 50.9 Å². The van der Waals surface area contributed by atoms with Crippen molar-refractivity contribution in [2.75, 3.05) is 24.7 Å². The van der Waals surface area contributed by atoms with E-state index in [-0.39, 0.29) is 35.3 Å². The van der Waals surface area contributed by atoms with E-state index in [9.17, 15) is 18.6 Å². The molecule has 11 nitrogen and oxygen atoms in total. The Bertz CT molecular complexity index is 1450. The summed E-state index contributed by atoms with van der Waals surface area (Å²) in [4.78, 5) is 49.9. The predicted octanol–water partition coefficient (Wildman–Crippen LogP) is 4.39. The number of halogens is 1. The van der Waals surface area contributed by atoms with Crippen molar-refractivity contribution < 1.29 is 28.1 Å². The smallest absolute Gasteiger partial charge is 0.410 e. The number of pyridine rings is 1. The Morgan fingerprint density at radius 1 is 1.07 bits per heavy atom. The van der Waals surface area contributed by atoms with E-state index in [2.05, 4.69) is 20.6 Å². The number of aliphatic imine (C=N–C) groups is 1. The molecule has 2 N–H and O–H groups in total. The molecule has 0 bridgehead atoms. The van der Waals surface area contributed by atoms with Crippen LogP contribution in [0.3, 0.4) is 0 Å². The normalized spacial score (nSPS) is 19.7. The first-order chi connectivity index (χ1) is 20.3. The number of nitrogens with one attached hydrogen (secondary N) is 2. The van der Waals surface area contributed by atoms with E-state index in [4.69, 9.17) is 21.1 Å². The fourth-order valence-corrected chi connectivity index (χ4v) is 5.14. The summed E-state index contributed by atoms with van der Waals surface area (Å²) in [5.74, 6) is -0.450. The van der Waals surface area contributed by atoms with Gasteiger partial charge in [0.1, 0.15) is 29.0 Å². The second-order valence-electron chi connectivity index (χ2n) is 11.3. The third-order valence-electron chi connectivity index (χ3n) is 6.62. The van der Waals surface area contributed by atoms with Gasteiger partial charge in [-0.3, -0.25) is 18.8 Å². The zero-order valence-electron chi connectivity index (χ0n) is 24.8. The molecule has 2 aliphatic heterocycles. The van der Waals surface area contributed by atoms with Crippen molar-refractivity contribution in [2.45, 2.75) is 69.2 Å². The molecule has 0 spiro atoms. The highest BCUT2D eigenvalue weighted by molar-refractivity contribution is 7.84. The van der Waals surface area contributed by atoms with E-state index in [0.717, 1.165) is 0 Å². The number of hydrogen-bond acceptors (Lipinski definition) is 8. The van der Waals surface area contributed by atoms with E-state index < -0.39 is 34.3 Å². The Morgan fingerprint density at radius 2 is 1.79 bits per heavy atom. The van der Waals surface area contributed by atoms with Crippen LogP contribution < -0.4 is 15.4 Å². The summed E-state index contributed by atoms with van der Waals surface area (Å²) in [5, 5.41) is 5.99. The van der Waals surface area contributed by atoms with Crippen LogP contribution in [0.4, 0.5) is 10.6 Å². The van der Waals surface area contributed by atoms with Crippen molar-refractivity contribution in [3.8, 4) is 5.75 Å². The molecule has 0 saturated carbocycles. The zero-order chi connectivity index (χ0) is 31.3. The molecule has 2 aromatic rings. The summed E-state index contributed by atoms with van der Waals surface area (Å²) in [5.41, 5.74) is -0.259. The van der Waals surface area contributed by atoms with Crippen molar-refractivity contribution >= 4 is 51.8 Å². The molecule has 3 atom stereocenters. The van der Waals surface area contributed by atoms with Gasteiger partial charge in [0, 0.05) is 54.1 Å². The van der Waals surface area contributed by atoms with Gasteiger partial charge in [0.05, 0.1) is 22.7 Å². The molecule has 43 heavy (non-hydrogen) atoms. The zero-order valence-corrected chi connectivity index (χ0v) is 26.3. The molecule has 3 heterocycles. The average molecular weight is 630 g/mol. The number of rotatable bonds is 7. The molecule has 1 fully saturated rings. The van der Waals surface area contributed by atoms with E-state index in [0.29, 0.717) is 41.7 Å². The SMILES string of the molecule is CC1C=CC(NC(=O)c2ccc(S(C)=O)cc2OC2CCN(C(=O)OC(C)(C)C)CC2)C(C(=O)Nc2ccc(Cl)cn2)=N1. The highest BCUT2D eigenvalue weighted by Crippen LogP contribution is 2.27. The van der Waals surface area contributed by atoms with Crippen LogP contribution >= 0.6 is 11.6 Å². The highest BCUT2D eigenvalue weighted by Gasteiger charge is 2.30. The van der Waals surface area contributed by atoms with E-state index in [1.807, 2.05) is 27.7 Å². The molecule has 13 heteroatoms. The molecule has 3 amide bonds. The third kappa shape index (κ3) is 8.87. The van der Waals surface area contributed by atoms with Crippen LogP contribution in [0.2, 0.25) is 5.02 Å². The van der Waals surface area contributed by atoms with E-state index in [1.165, 1.54) is 6.20 Å². The van der Waals surface area contributed by atoms with Crippen molar-refractivity contribution in [3.05, 3.63) is 59.3 Å². The number of ether oxygens (including phenoxy) is 2. The minimum atomic E-state index is -1.31. The number of nitrogens with zero attached hydrogens (tertiary/aromatic N) is 3. The second kappa shape index (κ2) is 13.7. The number of amides is 3. The van der Waals surface area contributed by atoms with Crippen LogP contribution in [0.5, 0.6) is 5.75 Å². The Labute approximate surface area is 258 Å². The molecule has 0 aliphatic carbocycles. The summed E-state index contributed by atoms with van der Waals surface area (Å²) in [6.07, 6.45) is 6.86. The molecular weight excluding hydrogens is 594 g/mol. The Morgan fingerprint density at radius 3 is 2.42 bits per heavy atom. The fourth-order valence-electron chi connectivity index (χ4n) is 4.50. The largest absolute Gasteiger partial charge is 0.489 e. The number of aromatic nitrogens is 1. The van der Waals surface area contributed by atoms with Gasteiger partial charge in [0.15, 0.2) is 0 Å². The Balaban J connectivity index is 1.48. The first-order valence-corrected chi connectivity index (χ1v) is 15.8. The summed E-state index contributed by atoms with van der Waals surface area (Å²) >= 11 is 5.89. The van der Waals surface area contributed by atoms with E-state index in [1.54, 1.807) is 53.6 Å². The molecule has 230 valence electrons. The molecule has 2 aliphatic rings. The first-order valence-electron chi connectivity index (χ1n) is 13.9. The van der Waals surface area contributed by atoms with E-state index >= 15 is 0 Å². The Hall–Kier alpha value is -3.77. The topological polar surface area (TPSA) is 139 Å². The standard InChI is InChI=1S/C30H36ClN5O6S/c1-18-6-10-23(26(33-18)28(38)35-25-11-7-19(31)17-32-25)34-27(37)22-9-8-21(43(5)40)16-24(22)41-20-12-14-36(15-13-20)29(39)42-30(2,3)4/h6-11,16-18,20,23H,12-15H2,1-5H3,(H,34,37)(H,32,35,38). The summed E-state index contributed by atoms with van der Waals surface area (Å²) in [6, 6.07) is 6.84. The first kappa shape index (κ1) is 32.2. The van der Waals surface area contributed by atoms with Crippen LogP contribution in [0.25, 0.3) is 0 Å². The molecule has 4 rings (SSSR count). The lowest BCUT2D eigenvalue weighted by atomic mass is 10.0. The van der Waals surface area contributed by atoms with Crippen LogP contribution in [0.15, 0.2) is 58.6 Å². The molecule has 1 aromatic heterocycles. The lowest BCUT2D eigenvalue weighted by Gasteiger charge is -2.33. The molecule has 0 radical (unpaired) electrons. The quantitative estimate of drug-likeness (QED) is 0.433. The minimum absolute atomic E-state index is 0.114. The van der Waals surface area contributed by atoms with Crippen LogP contribution in [0, 0.1) is 0 Å². The van der Waals surface area contributed by atoms with Gasteiger partial charge in [-0.2, -0.15) is 0 Å². The number of carbonyl (C=O) groups is 3. The molecular formula is C30H36ClN5O6S. The van der Waals surface area contributed by atoms with Crippen molar-refractivity contribution in [1.29, 1.82) is 0 Å².